The van der Waals surface area contributed by atoms with E-state index in [1.807, 2.05) is 42.5 Å². The minimum Gasteiger partial charge on any atom is -0.350 e. The van der Waals surface area contributed by atoms with Crippen LogP contribution in [0.25, 0.3) is 0 Å². The Hall–Kier alpha value is -2.69. The number of carbonyl (C=O) groups excluding carboxylic acids is 2. The van der Waals surface area contributed by atoms with Gasteiger partial charge in [0.25, 0.3) is 5.91 Å². The van der Waals surface area contributed by atoms with Crippen molar-refractivity contribution in [1.29, 1.82) is 0 Å². The summed E-state index contributed by atoms with van der Waals surface area (Å²) in [6.45, 7) is 3.26. The van der Waals surface area contributed by atoms with Crippen LogP contribution in [-0.4, -0.2) is 33.8 Å². The zero-order valence-electron chi connectivity index (χ0n) is 17.8. The highest BCUT2D eigenvalue weighted by atomic mass is 16.2. The second-order valence-electron chi connectivity index (χ2n) is 8.53. The molecular weight excluding hydrogens is 374 g/mol. The molecule has 2 aliphatic rings. The lowest BCUT2D eigenvalue weighted by atomic mass is 9.65. The van der Waals surface area contributed by atoms with Gasteiger partial charge in [-0.05, 0) is 43.0 Å². The van der Waals surface area contributed by atoms with Gasteiger partial charge in [0.15, 0.2) is 0 Å². The Kier molecular flexibility index (Phi) is 6.16. The molecule has 1 aromatic heterocycles. The number of pyridine rings is 1. The summed E-state index contributed by atoms with van der Waals surface area (Å²) in [6.07, 6.45) is 8.78. The number of nitrogens with zero attached hydrogens (tertiary/aromatic N) is 2. The van der Waals surface area contributed by atoms with Crippen molar-refractivity contribution >= 4 is 11.8 Å². The van der Waals surface area contributed by atoms with Crippen molar-refractivity contribution in [2.75, 3.05) is 6.54 Å². The molecule has 2 heterocycles. The molecule has 0 saturated heterocycles. The van der Waals surface area contributed by atoms with E-state index in [1.54, 1.807) is 6.20 Å². The van der Waals surface area contributed by atoms with Crippen molar-refractivity contribution in [3.8, 4) is 0 Å². The van der Waals surface area contributed by atoms with Gasteiger partial charge < -0.3 is 10.2 Å². The van der Waals surface area contributed by atoms with Crippen molar-refractivity contribution in [2.45, 2.75) is 69.9 Å². The summed E-state index contributed by atoms with van der Waals surface area (Å²) in [5, 5.41) is 3.13. The first-order valence-corrected chi connectivity index (χ1v) is 11.3. The summed E-state index contributed by atoms with van der Waals surface area (Å²) in [5.74, 6) is -0.244. The van der Waals surface area contributed by atoms with E-state index >= 15 is 0 Å². The van der Waals surface area contributed by atoms with E-state index in [9.17, 15) is 9.59 Å². The fourth-order valence-electron chi connectivity index (χ4n) is 5.27. The fourth-order valence-corrected chi connectivity index (χ4v) is 5.27. The minimum absolute atomic E-state index is 0.00371. The molecule has 0 radical (unpaired) electrons. The van der Waals surface area contributed by atoms with Gasteiger partial charge in [0, 0.05) is 18.3 Å². The number of benzene rings is 1. The molecule has 0 bridgehead atoms. The Morgan fingerprint density at radius 3 is 2.63 bits per heavy atom. The number of hydrogen-bond acceptors (Lipinski definition) is 3. The molecule has 2 aromatic rings. The SMILES string of the molecule is CCCCN1C(=O)c2ccccc2[C@@H](C(=O)NCc2ccccn2)C12CCCCC2. The second-order valence-corrected chi connectivity index (χ2v) is 8.53. The summed E-state index contributed by atoms with van der Waals surface area (Å²) < 4.78 is 0. The van der Waals surface area contributed by atoms with Crippen LogP contribution in [-0.2, 0) is 11.3 Å². The molecule has 1 saturated carbocycles. The molecule has 30 heavy (non-hydrogen) atoms. The van der Waals surface area contributed by atoms with Crippen molar-refractivity contribution in [3.63, 3.8) is 0 Å². The maximum atomic E-state index is 13.7. The Morgan fingerprint density at radius 1 is 1.13 bits per heavy atom. The van der Waals surface area contributed by atoms with E-state index < -0.39 is 5.54 Å². The lowest BCUT2D eigenvalue weighted by Crippen LogP contribution is -2.62. The van der Waals surface area contributed by atoms with Crippen LogP contribution in [0.1, 0.15) is 79.4 Å². The van der Waals surface area contributed by atoms with Crippen LogP contribution in [0, 0.1) is 0 Å². The normalized spacial score (nSPS) is 20.1. The maximum Gasteiger partial charge on any atom is 0.254 e. The average Bonchev–Trinajstić information content (AvgIpc) is 2.79. The molecule has 1 fully saturated rings. The topological polar surface area (TPSA) is 62.3 Å². The molecule has 1 spiro atoms. The lowest BCUT2D eigenvalue weighted by Gasteiger charge is -2.53. The van der Waals surface area contributed by atoms with Gasteiger partial charge in [-0.1, -0.05) is 56.9 Å². The third-order valence-electron chi connectivity index (χ3n) is 6.71. The van der Waals surface area contributed by atoms with E-state index in [2.05, 4.69) is 22.1 Å². The molecule has 1 atom stereocenters. The van der Waals surface area contributed by atoms with Gasteiger partial charge in [-0.3, -0.25) is 14.6 Å². The van der Waals surface area contributed by atoms with E-state index in [0.29, 0.717) is 18.7 Å². The fraction of sp³-hybridized carbons (Fsp3) is 0.480. The van der Waals surface area contributed by atoms with Crippen LogP contribution in [0.4, 0.5) is 0 Å². The highest BCUT2D eigenvalue weighted by molar-refractivity contribution is 6.02. The van der Waals surface area contributed by atoms with Gasteiger partial charge in [-0.25, -0.2) is 0 Å². The summed E-state index contributed by atoms with van der Waals surface area (Å²) >= 11 is 0. The van der Waals surface area contributed by atoms with Gasteiger partial charge in [0.1, 0.15) is 0 Å². The van der Waals surface area contributed by atoms with Gasteiger partial charge in [-0.15, -0.1) is 0 Å². The molecule has 2 amide bonds. The largest absolute Gasteiger partial charge is 0.350 e. The Bertz CT molecular complexity index is 890. The molecule has 1 aliphatic carbocycles. The quantitative estimate of drug-likeness (QED) is 0.773. The molecular formula is C25H31N3O2. The van der Waals surface area contributed by atoms with Crippen molar-refractivity contribution < 1.29 is 9.59 Å². The number of hydrogen-bond donors (Lipinski definition) is 1. The summed E-state index contributed by atoms with van der Waals surface area (Å²) in [6, 6.07) is 13.4. The Balaban J connectivity index is 1.72. The van der Waals surface area contributed by atoms with Crippen LogP contribution in [0.3, 0.4) is 0 Å². The first-order valence-electron chi connectivity index (χ1n) is 11.3. The second kappa shape index (κ2) is 8.99. The summed E-state index contributed by atoms with van der Waals surface area (Å²) in [4.78, 5) is 33.6. The molecule has 5 heteroatoms. The molecule has 1 N–H and O–H groups in total. The molecule has 1 aromatic carbocycles. The number of unbranched alkanes of at least 4 members (excludes halogenated alkanes) is 1. The standard InChI is InChI=1S/C25H31N3O2/c1-2-3-17-28-24(30)21-13-6-5-12-20(21)22(25(28)14-8-4-9-15-25)23(29)27-18-19-11-7-10-16-26-19/h5-7,10-13,16,22H,2-4,8-9,14-15,17-18H2,1H3,(H,27,29)/t22-/m0/s1. The van der Waals surface area contributed by atoms with Crippen molar-refractivity contribution in [1.82, 2.24) is 15.2 Å². The number of rotatable bonds is 6. The van der Waals surface area contributed by atoms with Crippen LogP contribution in [0.5, 0.6) is 0 Å². The van der Waals surface area contributed by atoms with Crippen LogP contribution in [0.2, 0.25) is 0 Å². The smallest absolute Gasteiger partial charge is 0.254 e. The molecule has 5 nitrogen and oxygen atoms in total. The zero-order chi connectivity index (χ0) is 21.0. The first-order chi connectivity index (χ1) is 14.7. The first kappa shape index (κ1) is 20.6. The van der Waals surface area contributed by atoms with E-state index in [-0.39, 0.29) is 17.7 Å². The molecule has 1 aliphatic heterocycles. The van der Waals surface area contributed by atoms with Crippen LogP contribution >= 0.6 is 0 Å². The number of fused-ring (bicyclic) bond motifs is 1. The predicted octanol–water partition coefficient (Wildman–Crippen LogP) is 4.44. The Labute approximate surface area is 178 Å². The summed E-state index contributed by atoms with van der Waals surface area (Å²) in [7, 11) is 0. The van der Waals surface area contributed by atoms with E-state index in [4.69, 9.17) is 0 Å². The van der Waals surface area contributed by atoms with Gasteiger partial charge in [-0.2, -0.15) is 0 Å². The number of amides is 2. The van der Waals surface area contributed by atoms with Crippen molar-refractivity contribution in [3.05, 3.63) is 65.5 Å². The van der Waals surface area contributed by atoms with Crippen LogP contribution in [0.15, 0.2) is 48.7 Å². The predicted molar refractivity (Wildman–Crippen MR) is 117 cm³/mol. The zero-order valence-corrected chi connectivity index (χ0v) is 17.8. The number of nitrogens with one attached hydrogen (secondary N) is 1. The number of aromatic nitrogens is 1. The lowest BCUT2D eigenvalue weighted by molar-refractivity contribution is -0.127. The monoisotopic (exact) mass is 405 g/mol. The third kappa shape index (κ3) is 3.73. The molecule has 0 unspecified atom stereocenters. The Morgan fingerprint density at radius 2 is 1.90 bits per heavy atom. The highest BCUT2D eigenvalue weighted by Gasteiger charge is 2.54. The average molecular weight is 406 g/mol. The maximum absolute atomic E-state index is 13.7. The van der Waals surface area contributed by atoms with Crippen LogP contribution < -0.4 is 5.32 Å². The van der Waals surface area contributed by atoms with E-state index in [0.717, 1.165) is 49.8 Å². The minimum atomic E-state index is -0.424. The van der Waals surface area contributed by atoms with Gasteiger partial charge in [0.2, 0.25) is 5.91 Å². The van der Waals surface area contributed by atoms with Gasteiger partial charge >= 0.3 is 0 Å². The van der Waals surface area contributed by atoms with Gasteiger partial charge in [0.05, 0.1) is 23.7 Å². The molecule has 158 valence electrons. The summed E-state index contributed by atoms with van der Waals surface area (Å²) in [5.41, 5.74) is 1.98. The third-order valence-corrected chi connectivity index (χ3v) is 6.71. The number of carbonyl (C=O) groups is 2. The van der Waals surface area contributed by atoms with E-state index in [1.165, 1.54) is 6.42 Å². The van der Waals surface area contributed by atoms with Crippen molar-refractivity contribution in [2.24, 2.45) is 0 Å². The molecule has 4 rings (SSSR count). The highest BCUT2D eigenvalue weighted by Crippen LogP contribution is 2.49.